The topological polar surface area (TPSA) is 655 Å². The Bertz CT molecular complexity index is 6180. The number of aliphatic hydroxyl groups is 8. The average Bonchev–Trinajstić information content (AvgIpc) is 1.56. The van der Waals surface area contributed by atoms with Crippen molar-refractivity contribution in [2.24, 2.45) is 23.3 Å². The van der Waals surface area contributed by atoms with Crippen LogP contribution in [0.25, 0.3) is 22.3 Å². The van der Waals surface area contributed by atoms with Crippen molar-refractivity contribution in [3.63, 3.8) is 0 Å². The number of aliphatic carboxylic acids is 2. The van der Waals surface area contributed by atoms with Gasteiger partial charge in [0.05, 0.1) is 65.9 Å². The highest BCUT2D eigenvalue weighted by Gasteiger charge is 2.55. The van der Waals surface area contributed by atoms with E-state index in [0.717, 1.165) is 84.1 Å². The third-order valence-electron chi connectivity index (χ3n) is 26.7. The molecule has 3 saturated heterocycles. The molecular formula is C100H112Cl3N9O34. The molecule has 7 amide bonds. The van der Waals surface area contributed by atoms with Crippen LogP contribution in [0, 0.1) is 11.8 Å². The number of carboxylic acid groups (broad SMARTS) is 2. The van der Waals surface area contributed by atoms with Gasteiger partial charge in [-0.3, -0.25) is 57.6 Å². The summed E-state index contributed by atoms with van der Waals surface area (Å²) >= 11 is 21.0. The van der Waals surface area contributed by atoms with Crippen molar-refractivity contribution in [1.82, 2.24) is 36.4 Å². The number of aromatic hydroxyl groups is 1. The SMILES string of the molecule is CC(=O)CN(CC(=O)O)C(=O)CCC(=O)OCOC(=O)N(C)[C@H](CC(C)C)C(=O)N[C@H]1C(=O)C[C@@H](CC(N)=O)C(=O)N[C@H]2C(=O)C[C@H]3C(=O)N[C@H](C(=O)N[C@H](C(=O)O)c4cc(O)cc5c4-c4cc3ccc4C5(O)O)[C@H](O[C@H]3C[C@](C)(N)[C@@H](O)[C@H](C)O3)c3ccc(c(Cl)c3)Oc3cc2cc(c3O[C@@H]2O[C@H](CO)[C@@H](O)[C@H](O)[C@H]2O[C@H]2C[C@](C)(NCc3ccc(-c4ccc(Cl)cc4)cc3)[C@@H](O)[C@H](C)O2)Oc2ccc(cc2Cl)[C@H]1O. The second kappa shape index (κ2) is 45.1. The number of carbonyl (C=O) groups excluding carboxylic acids is 11. The number of ether oxygens (including phenoxy) is 10. The van der Waals surface area contributed by atoms with Crippen molar-refractivity contribution in [2.45, 2.75) is 239 Å². The van der Waals surface area contributed by atoms with Crippen LogP contribution in [0.3, 0.4) is 0 Å². The lowest BCUT2D eigenvalue weighted by Crippen LogP contribution is -2.65. The van der Waals surface area contributed by atoms with E-state index in [1.807, 2.05) is 36.4 Å². The lowest BCUT2D eigenvalue weighted by molar-refractivity contribution is -0.334. The number of primary amides is 1. The number of Topliss-reactive ketones (excluding diaryl/α,β-unsaturated/α-hetero) is 3. The number of hydrogen-bond donors (Lipinski definition) is 18. The number of aliphatic hydroxyl groups excluding tert-OH is 6. The predicted molar refractivity (Wildman–Crippen MR) is 510 cm³/mol. The second-order valence-corrected chi connectivity index (χ2v) is 39.5. The van der Waals surface area contributed by atoms with E-state index in [-0.39, 0.29) is 59.2 Å². The molecule has 7 aromatic carbocycles. The van der Waals surface area contributed by atoms with Crippen molar-refractivity contribution in [2.75, 3.05) is 33.5 Å². The highest BCUT2D eigenvalue weighted by atomic mass is 35.5. The molecule has 8 heterocycles. The number of nitrogens with two attached hydrogens (primary N) is 2. The third kappa shape index (κ3) is 24.3. The molecule has 16 rings (SSSR count). The summed E-state index contributed by atoms with van der Waals surface area (Å²) in [7, 11) is 1.08. The van der Waals surface area contributed by atoms with Crippen molar-refractivity contribution >= 4 is 112 Å². The van der Waals surface area contributed by atoms with Crippen molar-refractivity contribution in [3.8, 4) is 56.8 Å². The predicted octanol–water partition coefficient (Wildman–Crippen LogP) is 5.19. The summed E-state index contributed by atoms with van der Waals surface area (Å²) < 4.78 is 63.5. The van der Waals surface area contributed by atoms with Crippen molar-refractivity contribution in [1.29, 1.82) is 0 Å². The monoisotopic (exact) mass is 2090 g/mol. The fourth-order valence-electron chi connectivity index (χ4n) is 19.0. The first-order valence-electron chi connectivity index (χ1n) is 46.7. The van der Waals surface area contributed by atoms with Gasteiger partial charge in [0.25, 0.3) is 0 Å². The van der Waals surface area contributed by atoms with Crippen molar-refractivity contribution < 1.29 is 166 Å². The maximum absolute atomic E-state index is 17.0. The van der Waals surface area contributed by atoms with Crippen molar-refractivity contribution in [3.05, 3.63) is 187 Å². The molecule has 0 spiro atoms. The van der Waals surface area contributed by atoms with Gasteiger partial charge < -0.3 is 146 Å². The largest absolute Gasteiger partial charge is 0.508 e. The zero-order valence-corrected chi connectivity index (χ0v) is 82.2. The lowest BCUT2D eigenvalue weighted by atomic mass is 9.84. The van der Waals surface area contributed by atoms with Gasteiger partial charge in [-0.15, -0.1) is 0 Å². The number of phenolic OH excluding ortho intramolecular Hbond substituents is 1. The number of halogens is 3. The van der Waals surface area contributed by atoms with E-state index in [2.05, 4.69) is 26.6 Å². The van der Waals surface area contributed by atoms with Gasteiger partial charge in [0, 0.05) is 79.3 Å². The van der Waals surface area contributed by atoms with Gasteiger partial charge in [-0.1, -0.05) is 109 Å². The molecule has 46 heteroatoms. The molecule has 0 aromatic heterocycles. The smallest absolute Gasteiger partial charge is 0.413 e. The molecule has 43 nitrogen and oxygen atoms in total. The van der Waals surface area contributed by atoms with Crippen LogP contribution in [0.15, 0.2) is 127 Å². The molecule has 1 aliphatic carbocycles. The van der Waals surface area contributed by atoms with E-state index in [1.54, 1.807) is 39.8 Å². The maximum atomic E-state index is 17.0. The molecule has 782 valence electrons. The number of likely N-dealkylation sites (N-methyl/N-ethyl adjacent to an activating group) is 1. The van der Waals surface area contributed by atoms with Gasteiger partial charge >= 0.3 is 24.0 Å². The highest BCUT2D eigenvalue weighted by molar-refractivity contribution is 6.32. The molecule has 20 N–H and O–H groups in total. The number of benzene rings is 7. The first-order valence-corrected chi connectivity index (χ1v) is 47.8. The van der Waals surface area contributed by atoms with Gasteiger partial charge in [-0.05, 0) is 169 Å². The van der Waals surface area contributed by atoms with Crippen LogP contribution in [-0.4, -0.2) is 273 Å². The Morgan fingerprint density at radius 2 is 1.28 bits per heavy atom. The molecule has 0 unspecified atom stereocenters. The molecule has 7 aromatic rings. The summed E-state index contributed by atoms with van der Waals surface area (Å²) in [5.41, 5.74) is 9.26. The van der Waals surface area contributed by atoms with Gasteiger partial charge in [0.1, 0.15) is 84.3 Å². The molecule has 0 saturated carbocycles. The first kappa shape index (κ1) is 109. The summed E-state index contributed by atoms with van der Waals surface area (Å²) in [6.07, 6.45) is -29.3. The number of ketones is 3. The number of hydrogen-bond acceptors (Lipinski definition) is 34. The van der Waals surface area contributed by atoms with Crippen LogP contribution in [0.2, 0.25) is 15.1 Å². The molecule has 146 heavy (non-hydrogen) atoms. The van der Waals surface area contributed by atoms with E-state index < -0.39 is 341 Å². The third-order valence-corrected chi connectivity index (χ3v) is 27.6. The summed E-state index contributed by atoms with van der Waals surface area (Å²) in [5, 5.41) is 142. The number of phenols is 1. The number of fused-ring (bicyclic) bond motifs is 12. The minimum absolute atomic E-state index is 0.158. The lowest BCUT2D eigenvalue weighted by Gasteiger charge is -2.48. The Labute approximate surface area is 849 Å². The number of nitrogens with zero attached hydrogens (tertiary/aromatic N) is 2. The summed E-state index contributed by atoms with van der Waals surface area (Å²) in [6, 6.07) is 18.3. The fourth-order valence-corrected chi connectivity index (χ4v) is 19.6. The van der Waals surface area contributed by atoms with Crippen LogP contribution in [0.5, 0.6) is 34.5 Å². The molecule has 22 atom stereocenters. The first-order chi connectivity index (χ1) is 68.9. The summed E-state index contributed by atoms with van der Waals surface area (Å²) in [6.45, 7) is 7.06. The molecule has 3 fully saturated rings. The van der Waals surface area contributed by atoms with Crippen LogP contribution < -0.4 is 52.3 Å². The number of nitrogens with one attached hydrogen (secondary N) is 5. The van der Waals surface area contributed by atoms with Crippen LogP contribution in [-0.2, 0) is 103 Å². The normalized spacial score (nSPS) is 27.7. The quantitative estimate of drug-likeness (QED) is 0.0221. The number of carbonyl (C=O) groups is 13. The highest BCUT2D eigenvalue weighted by Crippen LogP contribution is 2.54. The molecular weight excluding hydrogens is 1980 g/mol. The van der Waals surface area contributed by atoms with E-state index in [0.29, 0.717) is 9.92 Å². The zero-order valence-electron chi connectivity index (χ0n) is 79.9. The summed E-state index contributed by atoms with van der Waals surface area (Å²) in [4.78, 5) is 189. The number of carboxylic acids is 2. The van der Waals surface area contributed by atoms with Gasteiger partial charge in [-0.2, -0.15) is 0 Å². The van der Waals surface area contributed by atoms with Gasteiger partial charge in [-0.25, -0.2) is 9.59 Å². The van der Waals surface area contributed by atoms with E-state index in [4.69, 9.17) is 93.6 Å². The Hall–Kier alpha value is -12.5. The fraction of sp³-hybridized carbons (Fsp3) is 0.450. The Morgan fingerprint density at radius 3 is 1.89 bits per heavy atom. The summed E-state index contributed by atoms with van der Waals surface area (Å²) in [5.74, 6) is -26.4. The molecule has 0 radical (unpaired) electrons. The van der Waals surface area contributed by atoms with Crippen LogP contribution in [0.4, 0.5) is 4.79 Å². The van der Waals surface area contributed by atoms with E-state index in [1.165, 1.54) is 44.2 Å². The maximum Gasteiger partial charge on any atom is 0.413 e. The van der Waals surface area contributed by atoms with Crippen LogP contribution >= 0.6 is 34.8 Å². The minimum Gasteiger partial charge on any atom is -0.508 e. The Balaban J connectivity index is 0.917. The molecule has 11 bridgehead atoms. The second-order valence-electron chi connectivity index (χ2n) is 38.2. The molecule has 8 aliphatic heterocycles. The number of rotatable bonds is 28. The Kier molecular flexibility index (Phi) is 33.7. The standard InChI is InChI=1S/C100H112Cl3N9O34/c1-43(2)25-64(111(8)97(134)138-42-137-75(122)24-23-73(119)112(39-44(3)114)40-74(120)121)93(130)109-81-65(116)29-54(32-72(104)118)91(128)107-79-53-30-69(141-67-21-16-51(83(81)123)27-62(67)102)87(146-96-88(85(125)84(124)71(41-113)143-96)145-77-37-99(7,90(127)46(5)140-77)106-38-47-9-11-48(12-10-47)49-13-18-55(101)19-14-49)70(31-53)142-68-22-17-52(28-63(68)103)86(144-76-36-98(6,105)89(126)45(4)139-76)82-94(131)108-80(95(132)133)59-33-56(115)34-61-78(59)58-26-50(15-20-60(58)100(61,135)136)57(35-66(79)117)92(129)110-82/h9-22,26-28,30-31,33-34,43,45-46,54,57,64,71,76-77,79-86,88-90,96,106,113,115,123-127,135-136H,23-25,29,32,35-42,105H2,1-8H3,(H2,104,118)(H,107,128)(H,108,131)(H,109,130)(H,110,129)(H,120,121)(H,132,133)/t45-,46-,54-,57+,64+,71+,76-,77-,79+,80-,81-,82-,83+,84+,85-,86+,88+,89-,90-,96-,98-,99-/m0/s1. The Morgan fingerprint density at radius 1 is 0.658 bits per heavy atom. The number of amides is 7. The van der Waals surface area contributed by atoms with E-state index in [9.17, 15) is 89.7 Å². The zero-order chi connectivity index (χ0) is 106. The van der Waals surface area contributed by atoms with E-state index >= 15 is 28.8 Å². The van der Waals surface area contributed by atoms with Gasteiger partial charge in [0.2, 0.25) is 60.1 Å². The molecule has 9 aliphatic rings. The average molecular weight is 2090 g/mol. The number of esters is 1. The van der Waals surface area contributed by atoms with Gasteiger partial charge in [0.15, 0.2) is 47.8 Å². The van der Waals surface area contributed by atoms with Crippen LogP contribution in [0.1, 0.15) is 175 Å². The minimum atomic E-state index is -3.10.